The third-order valence-electron chi connectivity index (χ3n) is 6.18. The van der Waals surface area contributed by atoms with Crippen molar-refractivity contribution in [3.8, 4) is 5.75 Å². The minimum absolute atomic E-state index is 0.0296. The highest BCUT2D eigenvalue weighted by atomic mass is 16.5. The van der Waals surface area contributed by atoms with E-state index in [0.29, 0.717) is 29.2 Å². The fraction of sp³-hybridized carbons (Fsp3) is 0.462. The van der Waals surface area contributed by atoms with Gasteiger partial charge in [-0.2, -0.15) is 0 Å². The number of anilines is 2. The Bertz CT molecular complexity index is 1010. The van der Waals surface area contributed by atoms with Gasteiger partial charge in [-0.3, -0.25) is 14.5 Å². The Morgan fingerprint density at radius 3 is 2.42 bits per heavy atom. The van der Waals surface area contributed by atoms with Gasteiger partial charge in [0.15, 0.2) is 6.10 Å². The summed E-state index contributed by atoms with van der Waals surface area (Å²) in [5, 5.41) is 2.96. The SMILES string of the molecule is CC1Oc2ccc(NC(=O)c3ccc(C(C)(C)C)cc3)cc2N(CCN2CCOCC2)C1=O. The molecule has 0 bridgehead atoms. The molecule has 176 valence electrons. The molecule has 1 fully saturated rings. The molecule has 0 aromatic heterocycles. The van der Waals surface area contributed by atoms with Crippen LogP contribution in [0.1, 0.15) is 43.6 Å². The van der Waals surface area contributed by atoms with E-state index < -0.39 is 6.10 Å². The van der Waals surface area contributed by atoms with E-state index in [2.05, 4.69) is 31.0 Å². The zero-order valence-corrected chi connectivity index (χ0v) is 19.9. The van der Waals surface area contributed by atoms with E-state index in [-0.39, 0.29) is 17.2 Å². The number of carbonyl (C=O) groups excluding carboxylic acids is 2. The van der Waals surface area contributed by atoms with Crippen LogP contribution in [0.15, 0.2) is 42.5 Å². The van der Waals surface area contributed by atoms with Crippen molar-refractivity contribution in [2.45, 2.75) is 39.2 Å². The summed E-state index contributed by atoms with van der Waals surface area (Å²) < 4.78 is 11.2. The maximum atomic E-state index is 12.9. The molecule has 1 N–H and O–H groups in total. The molecule has 0 aliphatic carbocycles. The number of hydrogen-bond acceptors (Lipinski definition) is 5. The zero-order valence-electron chi connectivity index (χ0n) is 19.9. The summed E-state index contributed by atoms with van der Waals surface area (Å²) in [4.78, 5) is 29.8. The Balaban J connectivity index is 1.50. The van der Waals surface area contributed by atoms with E-state index in [4.69, 9.17) is 9.47 Å². The number of nitrogens with zero attached hydrogens (tertiary/aromatic N) is 2. The van der Waals surface area contributed by atoms with Crippen LogP contribution < -0.4 is 15.0 Å². The van der Waals surface area contributed by atoms with Crippen LogP contribution in [0.25, 0.3) is 0 Å². The van der Waals surface area contributed by atoms with Gasteiger partial charge in [0, 0.05) is 37.4 Å². The summed E-state index contributed by atoms with van der Waals surface area (Å²) in [6, 6.07) is 13.1. The van der Waals surface area contributed by atoms with Gasteiger partial charge in [0.2, 0.25) is 0 Å². The first-order valence-electron chi connectivity index (χ1n) is 11.6. The molecule has 0 radical (unpaired) electrons. The third-order valence-corrected chi connectivity index (χ3v) is 6.18. The predicted octanol–water partition coefficient (Wildman–Crippen LogP) is 3.68. The summed E-state index contributed by atoms with van der Waals surface area (Å²) in [7, 11) is 0. The second kappa shape index (κ2) is 9.53. The van der Waals surface area contributed by atoms with Crippen LogP contribution in [-0.4, -0.2) is 62.2 Å². The number of amides is 2. The van der Waals surface area contributed by atoms with Crippen molar-refractivity contribution in [2.24, 2.45) is 0 Å². The minimum atomic E-state index is -0.538. The number of nitrogens with one attached hydrogen (secondary N) is 1. The van der Waals surface area contributed by atoms with Crippen molar-refractivity contribution in [3.63, 3.8) is 0 Å². The highest BCUT2D eigenvalue weighted by Crippen LogP contribution is 2.36. The second-order valence-corrected chi connectivity index (χ2v) is 9.67. The van der Waals surface area contributed by atoms with Crippen molar-refractivity contribution < 1.29 is 19.1 Å². The van der Waals surface area contributed by atoms with Gasteiger partial charge in [-0.1, -0.05) is 32.9 Å². The van der Waals surface area contributed by atoms with E-state index in [1.165, 1.54) is 5.56 Å². The molecule has 1 saturated heterocycles. The second-order valence-electron chi connectivity index (χ2n) is 9.67. The highest BCUT2D eigenvalue weighted by molar-refractivity contribution is 6.05. The Morgan fingerprint density at radius 1 is 1.06 bits per heavy atom. The first-order valence-corrected chi connectivity index (χ1v) is 11.6. The number of hydrogen-bond donors (Lipinski definition) is 1. The lowest BCUT2D eigenvalue weighted by atomic mass is 9.87. The summed E-state index contributed by atoms with van der Waals surface area (Å²) in [6.07, 6.45) is -0.538. The standard InChI is InChI=1S/C26H33N3O4/c1-18-25(31)29(12-11-28-13-15-32-16-14-28)22-17-21(9-10-23(22)33-18)27-24(30)19-5-7-20(8-6-19)26(2,3)4/h5-10,17-18H,11-16H2,1-4H3,(H,27,30). The molecule has 7 heteroatoms. The predicted molar refractivity (Wildman–Crippen MR) is 129 cm³/mol. The zero-order chi connectivity index (χ0) is 23.6. The lowest BCUT2D eigenvalue weighted by molar-refractivity contribution is -0.125. The monoisotopic (exact) mass is 451 g/mol. The lowest BCUT2D eigenvalue weighted by Crippen LogP contribution is -2.48. The Kier molecular flexibility index (Phi) is 6.72. The van der Waals surface area contributed by atoms with Crippen molar-refractivity contribution in [2.75, 3.05) is 49.6 Å². The maximum absolute atomic E-state index is 12.9. The molecule has 33 heavy (non-hydrogen) atoms. The Morgan fingerprint density at radius 2 is 1.76 bits per heavy atom. The normalized spacial score (nSPS) is 19.1. The summed E-state index contributed by atoms with van der Waals surface area (Å²) in [5.41, 5.74) is 3.11. The van der Waals surface area contributed by atoms with Gasteiger partial charge in [-0.25, -0.2) is 0 Å². The van der Waals surface area contributed by atoms with Gasteiger partial charge in [0.25, 0.3) is 11.8 Å². The van der Waals surface area contributed by atoms with E-state index in [9.17, 15) is 9.59 Å². The van der Waals surface area contributed by atoms with Crippen LogP contribution in [0, 0.1) is 0 Å². The summed E-state index contributed by atoms with van der Waals surface area (Å²) in [5.74, 6) is 0.389. The van der Waals surface area contributed by atoms with Gasteiger partial charge in [0.05, 0.1) is 18.9 Å². The largest absolute Gasteiger partial charge is 0.479 e. The number of carbonyl (C=O) groups is 2. The van der Waals surface area contributed by atoms with Crippen LogP contribution in [0.4, 0.5) is 11.4 Å². The first-order chi connectivity index (χ1) is 15.7. The Hall–Kier alpha value is -2.90. The molecule has 2 aliphatic heterocycles. The maximum Gasteiger partial charge on any atom is 0.267 e. The van der Waals surface area contributed by atoms with E-state index >= 15 is 0 Å². The summed E-state index contributed by atoms with van der Waals surface area (Å²) >= 11 is 0. The molecule has 0 spiro atoms. The summed E-state index contributed by atoms with van der Waals surface area (Å²) in [6.45, 7) is 12.7. The average Bonchev–Trinajstić information content (AvgIpc) is 2.80. The molecule has 7 nitrogen and oxygen atoms in total. The lowest BCUT2D eigenvalue weighted by Gasteiger charge is -2.35. The molecule has 2 aliphatic rings. The molecule has 2 amide bonds. The van der Waals surface area contributed by atoms with Crippen molar-refractivity contribution in [3.05, 3.63) is 53.6 Å². The van der Waals surface area contributed by atoms with Gasteiger partial charge in [0.1, 0.15) is 5.75 Å². The topological polar surface area (TPSA) is 71.1 Å². The van der Waals surface area contributed by atoms with E-state index in [0.717, 1.165) is 32.8 Å². The van der Waals surface area contributed by atoms with Gasteiger partial charge >= 0.3 is 0 Å². The number of morpholine rings is 1. The average molecular weight is 452 g/mol. The smallest absolute Gasteiger partial charge is 0.267 e. The number of benzene rings is 2. The first kappa shape index (κ1) is 23.3. The van der Waals surface area contributed by atoms with Gasteiger partial charge < -0.3 is 19.7 Å². The molecule has 2 aromatic carbocycles. The number of ether oxygens (including phenoxy) is 2. The van der Waals surface area contributed by atoms with Crippen LogP contribution in [-0.2, 0) is 14.9 Å². The molecule has 2 heterocycles. The number of rotatable bonds is 5. The molecular weight excluding hydrogens is 418 g/mol. The van der Waals surface area contributed by atoms with Crippen molar-refractivity contribution in [1.82, 2.24) is 4.90 Å². The fourth-order valence-corrected chi connectivity index (χ4v) is 4.11. The van der Waals surface area contributed by atoms with Crippen molar-refractivity contribution >= 4 is 23.2 Å². The van der Waals surface area contributed by atoms with Crippen LogP contribution in [0.5, 0.6) is 5.75 Å². The highest BCUT2D eigenvalue weighted by Gasteiger charge is 2.32. The van der Waals surface area contributed by atoms with E-state index in [1.54, 1.807) is 11.8 Å². The van der Waals surface area contributed by atoms with Crippen LogP contribution in [0.2, 0.25) is 0 Å². The molecule has 2 aromatic rings. The van der Waals surface area contributed by atoms with Crippen molar-refractivity contribution in [1.29, 1.82) is 0 Å². The third kappa shape index (κ3) is 5.37. The van der Waals surface area contributed by atoms with Gasteiger partial charge in [-0.05, 0) is 48.2 Å². The molecule has 1 unspecified atom stereocenters. The van der Waals surface area contributed by atoms with Crippen LogP contribution in [0.3, 0.4) is 0 Å². The Labute approximate surface area is 195 Å². The molecular formula is C26H33N3O4. The molecule has 4 rings (SSSR count). The van der Waals surface area contributed by atoms with Gasteiger partial charge in [-0.15, -0.1) is 0 Å². The quantitative estimate of drug-likeness (QED) is 0.751. The van der Waals surface area contributed by atoms with Crippen LogP contribution >= 0.6 is 0 Å². The van der Waals surface area contributed by atoms with E-state index in [1.807, 2.05) is 42.5 Å². The molecule has 0 saturated carbocycles. The molecule has 1 atom stereocenters. The minimum Gasteiger partial charge on any atom is -0.479 e. The fourth-order valence-electron chi connectivity index (χ4n) is 4.11. The number of fused-ring (bicyclic) bond motifs is 1.